The first kappa shape index (κ1) is 14.1. The fourth-order valence-electron chi connectivity index (χ4n) is 2.06. The second-order valence-corrected chi connectivity index (χ2v) is 4.45. The van der Waals surface area contributed by atoms with Gasteiger partial charge in [-0.25, -0.2) is 0 Å². The largest absolute Gasteiger partial charge is 0.355 e. The molecule has 17 heavy (non-hydrogen) atoms. The third-order valence-corrected chi connectivity index (χ3v) is 2.93. The van der Waals surface area contributed by atoms with Crippen LogP contribution in [0.25, 0.3) is 0 Å². The molecule has 0 aromatic carbocycles. The number of amides is 1. The zero-order valence-corrected chi connectivity index (χ0v) is 10.7. The molecule has 6 heteroatoms. The number of hydroxylamine groups is 1. The molecule has 0 aliphatic carbocycles. The Morgan fingerprint density at radius 3 is 2.88 bits per heavy atom. The van der Waals surface area contributed by atoms with Gasteiger partial charge in [-0.1, -0.05) is 0 Å². The highest BCUT2D eigenvalue weighted by Crippen LogP contribution is 2.10. The Balaban J connectivity index is 2.74. The monoisotopic (exact) mass is 242 g/mol. The lowest BCUT2D eigenvalue weighted by molar-refractivity contribution is -0.123. The minimum absolute atomic E-state index is 0.00362. The Morgan fingerprint density at radius 2 is 2.24 bits per heavy atom. The number of hydrogen-bond acceptors (Lipinski definition) is 5. The Morgan fingerprint density at radius 1 is 1.53 bits per heavy atom. The van der Waals surface area contributed by atoms with Gasteiger partial charge in [-0.15, -0.1) is 0 Å². The lowest BCUT2D eigenvalue weighted by atomic mass is 9.94. The summed E-state index contributed by atoms with van der Waals surface area (Å²) in [5, 5.41) is 14.8. The van der Waals surface area contributed by atoms with Crippen LogP contribution >= 0.6 is 0 Å². The first-order chi connectivity index (χ1) is 8.06. The Labute approximate surface area is 102 Å². The molecular weight excluding hydrogens is 220 g/mol. The summed E-state index contributed by atoms with van der Waals surface area (Å²) in [4.78, 5) is 16.4. The molecule has 0 fully saturated rings. The van der Waals surface area contributed by atoms with E-state index in [0.29, 0.717) is 6.54 Å². The van der Waals surface area contributed by atoms with Gasteiger partial charge in [0.2, 0.25) is 5.91 Å². The summed E-state index contributed by atoms with van der Waals surface area (Å²) in [6.45, 7) is 7.00. The van der Waals surface area contributed by atoms with Crippen molar-refractivity contribution in [3.63, 3.8) is 0 Å². The summed E-state index contributed by atoms with van der Waals surface area (Å²) in [5.74, 6) is -0.290. The molecule has 1 amide bonds. The molecule has 1 aliphatic heterocycles. The van der Waals surface area contributed by atoms with Crippen LogP contribution in [0, 0.1) is 5.92 Å². The Hall–Kier alpha value is -0.980. The van der Waals surface area contributed by atoms with Crippen LogP contribution in [0.3, 0.4) is 0 Å². The van der Waals surface area contributed by atoms with Crippen molar-refractivity contribution < 1.29 is 10.0 Å². The van der Waals surface area contributed by atoms with Crippen LogP contribution in [-0.2, 0) is 4.79 Å². The summed E-state index contributed by atoms with van der Waals surface area (Å²) in [6, 6.07) is -0.0912. The lowest BCUT2D eigenvalue weighted by Gasteiger charge is -2.27. The molecule has 98 valence electrons. The van der Waals surface area contributed by atoms with E-state index in [1.165, 1.54) is 0 Å². The number of hydrogen-bond donors (Lipinski definition) is 4. The molecule has 0 spiro atoms. The van der Waals surface area contributed by atoms with Gasteiger partial charge in [-0.05, 0) is 27.2 Å². The van der Waals surface area contributed by atoms with E-state index in [4.69, 9.17) is 5.21 Å². The highest BCUT2D eigenvalue weighted by Gasteiger charge is 2.29. The number of carbonyl (C=O) groups is 1. The molecule has 1 heterocycles. The maximum absolute atomic E-state index is 12.0. The van der Waals surface area contributed by atoms with Gasteiger partial charge in [0.1, 0.15) is 0 Å². The number of aliphatic imine (C=N–C) groups is 1. The van der Waals surface area contributed by atoms with E-state index in [-0.39, 0.29) is 24.0 Å². The van der Waals surface area contributed by atoms with Crippen LogP contribution in [0.1, 0.15) is 27.2 Å². The van der Waals surface area contributed by atoms with E-state index in [1.54, 1.807) is 6.92 Å². The van der Waals surface area contributed by atoms with E-state index in [1.807, 2.05) is 13.8 Å². The van der Waals surface area contributed by atoms with Crippen molar-refractivity contribution in [1.82, 2.24) is 16.1 Å². The zero-order valence-electron chi connectivity index (χ0n) is 10.7. The third-order valence-electron chi connectivity index (χ3n) is 2.93. The molecule has 4 N–H and O–H groups in total. The summed E-state index contributed by atoms with van der Waals surface area (Å²) in [6.07, 6.45) is 0.614. The van der Waals surface area contributed by atoms with Gasteiger partial charge in [0.05, 0.1) is 12.1 Å². The molecule has 3 unspecified atom stereocenters. The van der Waals surface area contributed by atoms with E-state index < -0.39 is 0 Å². The topological polar surface area (TPSA) is 85.8 Å². The van der Waals surface area contributed by atoms with Crippen LogP contribution in [0.15, 0.2) is 4.99 Å². The van der Waals surface area contributed by atoms with Crippen molar-refractivity contribution >= 4 is 11.6 Å². The van der Waals surface area contributed by atoms with Crippen LogP contribution in [0.2, 0.25) is 0 Å². The van der Waals surface area contributed by atoms with Gasteiger partial charge in [0.25, 0.3) is 0 Å². The van der Waals surface area contributed by atoms with Crippen LogP contribution in [0.5, 0.6) is 0 Å². The van der Waals surface area contributed by atoms with Gasteiger partial charge in [0.15, 0.2) is 0 Å². The maximum Gasteiger partial charge on any atom is 0.230 e. The SMILES string of the molecule is CC1=NCCCNC(=O)C1C(C)NC(C)NO. The van der Waals surface area contributed by atoms with Crippen LogP contribution in [0.4, 0.5) is 0 Å². The van der Waals surface area contributed by atoms with Crippen molar-refractivity contribution in [2.75, 3.05) is 13.1 Å². The zero-order chi connectivity index (χ0) is 12.8. The highest BCUT2D eigenvalue weighted by molar-refractivity contribution is 6.04. The lowest BCUT2D eigenvalue weighted by Crippen LogP contribution is -2.52. The molecule has 0 radical (unpaired) electrons. The Bertz CT molecular complexity index is 293. The van der Waals surface area contributed by atoms with Crippen molar-refractivity contribution in [3.8, 4) is 0 Å². The fraction of sp³-hybridized carbons (Fsp3) is 0.818. The van der Waals surface area contributed by atoms with Gasteiger partial charge >= 0.3 is 0 Å². The van der Waals surface area contributed by atoms with Gasteiger partial charge in [-0.2, -0.15) is 5.48 Å². The van der Waals surface area contributed by atoms with E-state index in [9.17, 15) is 4.79 Å². The van der Waals surface area contributed by atoms with Crippen LogP contribution < -0.4 is 16.1 Å². The van der Waals surface area contributed by atoms with Crippen molar-refractivity contribution in [2.45, 2.75) is 39.4 Å². The second kappa shape index (κ2) is 6.68. The second-order valence-electron chi connectivity index (χ2n) is 4.45. The highest BCUT2D eigenvalue weighted by atomic mass is 16.5. The Kier molecular flexibility index (Phi) is 5.54. The van der Waals surface area contributed by atoms with Crippen LogP contribution in [-0.4, -0.2) is 42.1 Å². The van der Waals surface area contributed by atoms with E-state index in [2.05, 4.69) is 21.1 Å². The van der Waals surface area contributed by atoms with E-state index >= 15 is 0 Å². The van der Waals surface area contributed by atoms with Gasteiger partial charge in [0, 0.05) is 24.8 Å². The number of carbonyl (C=O) groups excluding carboxylic acids is 1. The molecule has 1 aliphatic rings. The fourth-order valence-corrected chi connectivity index (χ4v) is 2.06. The van der Waals surface area contributed by atoms with Crippen molar-refractivity contribution in [1.29, 1.82) is 0 Å². The third kappa shape index (κ3) is 4.07. The summed E-state index contributed by atoms with van der Waals surface area (Å²) >= 11 is 0. The van der Waals surface area contributed by atoms with Gasteiger partial charge in [-0.3, -0.25) is 15.1 Å². The molecular formula is C11H22N4O2. The van der Waals surface area contributed by atoms with Crippen molar-refractivity contribution in [3.05, 3.63) is 0 Å². The summed E-state index contributed by atoms with van der Waals surface area (Å²) < 4.78 is 0. The number of nitrogens with one attached hydrogen (secondary N) is 3. The summed E-state index contributed by atoms with van der Waals surface area (Å²) in [7, 11) is 0. The molecule has 0 aromatic heterocycles. The smallest absolute Gasteiger partial charge is 0.230 e. The first-order valence-electron chi connectivity index (χ1n) is 6.00. The molecule has 0 aromatic rings. The standard InChI is InChI=1S/C11H22N4O2/c1-7-10(8(2)14-9(3)15-17)11(16)13-6-4-5-12-7/h8-10,14-15,17H,4-6H2,1-3H3,(H,13,16). The van der Waals surface area contributed by atoms with Crippen molar-refractivity contribution in [2.24, 2.45) is 10.9 Å². The molecule has 0 saturated carbocycles. The summed E-state index contributed by atoms with van der Waals surface area (Å²) in [5.41, 5.74) is 2.95. The predicted octanol–water partition coefficient (Wildman–Crippen LogP) is -0.114. The first-order valence-corrected chi connectivity index (χ1v) is 6.00. The average Bonchev–Trinajstić information content (AvgIpc) is 2.26. The van der Waals surface area contributed by atoms with E-state index in [0.717, 1.165) is 18.7 Å². The predicted molar refractivity (Wildman–Crippen MR) is 66.1 cm³/mol. The number of rotatable bonds is 4. The molecule has 3 atom stereocenters. The molecule has 6 nitrogen and oxygen atoms in total. The van der Waals surface area contributed by atoms with Gasteiger partial charge < -0.3 is 10.5 Å². The average molecular weight is 242 g/mol. The normalized spacial score (nSPS) is 25.3. The number of nitrogens with zero attached hydrogens (tertiary/aromatic N) is 1. The quantitative estimate of drug-likeness (QED) is 0.409. The maximum atomic E-state index is 12.0. The minimum atomic E-state index is -0.286. The minimum Gasteiger partial charge on any atom is -0.355 e. The molecule has 1 rings (SSSR count). The molecule has 0 saturated heterocycles. The molecule has 0 bridgehead atoms.